The van der Waals surface area contributed by atoms with Crippen LogP contribution in [0.1, 0.15) is 18.9 Å². The fourth-order valence-corrected chi connectivity index (χ4v) is 1.94. The molecule has 2 rings (SSSR count). The number of nitrogens with zero attached hydrogens (tertiary/aromatic N) is 1. The van der Waals surface area contributed by atoms with Gasteiger partial charge >= 0.3 is 0 Å². The Kier molecular flexibility index (Phi) is 5.73. The second-order valence-corrected chi connectivity index (χ2v) is 4.50. The van der Waals surface area contributed by atoms with E-state index in [4.69, 9.17) is 15.3 Å². The first-order valence-corrected chi connectivity index (χ1v) is 6.86. The molecule has 0 aliphatic rings. The number of aromatic nitrogens is 1. The van der Waals surface area contributed by atoms with Crippen molar-refractivity contribution in [2.45, 2.75) is 20.0 Å². The molecule has 20 heavy (non-hydrogen) atoms. The SMILES string of the molecule is CCCOCCOCc1cc2ccccc2nc1NN. The van der Waals surface area contributed by atoms with Crippen molar-refractivity contribution in [2.75, 3.05) is 25.2 Å². The molecule has 2 aromatic rings. The fourth-order valence-electron chi connectivity index (χ4n) is 1.94. The number of anilines is 1. The van der Waals surface area contributed by atoms with E-state index in [0.29, 0.717) is 25.6 Å². The number of para-hydroxylation sites is 1. The predicted octanol–water partition coefficient (Wildman–Crippen LogP) is 2.46. The molecule has 0 fully saturated rings. The van der Waals surface area contributed by atoms with Crippen molar-refractivity contribution in [3.8, 4) is 0 Å². The smallest absolute Gasteiger partial charge is 0.146 e. The lowest BCUT2D eigenvalue weighted by atomic mass is 10.1. The summed E-state index contributed by atoms with van der Waals surface area (Å²) in [5.41, 5.74) is 4.49. The molecule has 0 bridgehead atoms. The molecule has 0 saturated heterocycles. The van der Waals surface area contributed by atoms with Crippen LogP contribution in [-0.4, -0.2) is 24.8 Å². The molecular formula is C15H21N3O2. The second kappa shape index (κ2) is 7.79. The molecule has 0 spiro atoms. The van der Waals surface area contributed by atoms with Gasteiger partial charge in [0.25, 0.3) is 0 Å². The van der Waals surface area contributed by atoms with Crippen LogP contribution in [0.15, 0.2) is 30.3 Å². The van der Waals surface area contributed by atoms with Gasteiger partial charge in [0.1, 0.15) is 5.82 Å². The lowest BCUT2D eigenvalue weighted by molar-refractivity contribution is 0.0410. The highest BCUT2D eigenvalue weighted by Crippen LogP contribution is 2.20. The molecule has 108 valence electrons. The van der Waals surface area contributed by atoms with E-state index in [1.165, 1.54) is 0 Å². The maximum absolute atomic E-state index is 5.60. The van der Waals surface area contributed by atoms with Crippen LogP contribution in [0.25, 0.3) is 10.9 Å². The largest absolute Gasteiger partial charge is 0.379 e. The molecule has 0 saturated carbocycles. The molecular weight excluding hydrogens is 254 g/mol. The number of nitrogens with one attached hydrogen (secondary N) is 1. The third-order valence-corrected chi connectivity index (χ3v) is 2.92. The molecule has 5 heteroatoms. The summed E-state index contributed by atoms with van der Waals surface area (Å²) in [4.78, 5) is 4.47. The van der Waals surface area contributed by atoms with Crippen molar-refractivity contribution in [3.63, 3.8) is 0 Å². The predicted molar refractivity (Wildman–Crippen MR) is 80.3 cm³/mol. The topological polar surface area (TPSA) is 69.4 Å². The molecule has 5 nitrogen and oxygen atoms in total. The number of pyridine rings is 1. The van der Waals surface area contributed by atoms with Crippen molar-refractivity contribution in [3.05, 3.63) is 35.9 Å². The average molecular weight is 275 g/mol. The Bertz CT molecular complexity index is 546. The Labute approximate surface area is 119 Å². The van der Waals surface area contributed by atoms with Gasteiger partial charge in [-0.05, 0) is 18.6 Å². The third-order valence-electron chi connectivity index (χ3n) is 2.92. The van der Waals surface area contributed by atoms with E-state index in [-0.39, 0.29) is 0 Å². The maximum atomic E-state index is 5.60. The molecule has 0 amide bonds. The van der Waals surface area contributed by atoms with Crippen LogP contribution in [0.3, 0.4) is 0 Å². The number of fused-ring (bicyclic) bond motifs is 1. The summed E-state index contributed by atoms with van der Waals surface area (Å²) in [5, 5.41) is 1.08. The normalized spacial score (nSPS) is 10.9. The second-order valence-electron chi connectivity index (χ2n) is 4.50. The lowest BCUT2D eigenvalue weighted by Crippen LogP contribution is -2.12. The van der Waals surface area contributed by atoms with Gasteiger partial charge in [-0.1, -0.05) is 25.1 Å². The van der Waals surface area contributed by atoms with Gasteiger partial charge in [0, 0.05) is 17.6 Å². The van der Waals surface area contributed by atoms with Crippen molar-refractivity contribution in [2.24, 2.45) is 5.84 Å². The molecule has 0 atom stereocenters. The zero-order chi connectivity index (χ0) is 14.2. The number of benzene rings is 1. The van der Waals surface area contributed by atoms with Crippen LogP contribution in [0.4, 0.5) is 5.82 Å². The molecule has 0 aliphatic heterocycles. The van der Waals surface area contributed by atoms with Crippen LogP contribution in [0.5, 0.6) is 0 Å². The molecule has 1 aromatic heterocycles. The fraction of sp³-hybridized carbons (Fsp3) is 0.400. The summed E-state index contributed by atoms with van der Waals surface area (Å²) < 4.78 is 11.0. The molecule has 3 N–H and O–H groups in total. The Balaban J connectivity index is 1.97. The summed E-state index contributed by atoms with van der Waals surface area (Å²) in [5.74, 6) is 6.17. The van der Waals surface area contributed by atoms with Crippen LogP contribution in [-0.2, 0) is 16.1 Å². The standard InChI is InChI=1S/C15H21N3O2/c1-2-7-19-8-9-20-11-13-10-12-5-3-4-6-14(12)17-15(13)18-16/h3-6,10H,2,7-9,11,16H2,1H3,(H,17,18). The number of nitrogen functional groups attached to an aromatic ring is 1. The Morgan fingerprint density at radius 3 is 2.75 bits per heavy atom. The third kappa shape index (κ3) is 3.90. The van der Waals surface area contributed by atoms with E-state index in [2.05, 4.69) is 17.3 Å². The Hall–Kier alpha value is -1.69. The van der Waals surface area contributed by atoms with Crippen molar-refractivity contribution >= 4 is 16.7 Å². The van der Waals surface area contributed by atoms with Crippen LogP contribution < -0.4 is 11.3 Å². The van der Waals surface area contributed by atoms with Crippen LogP contribution in [0, 0.1) is 0 Å². The molecule has 0 unspecified atom stereocenters. The monoisotopic (exact) mass is 275 g/mol. The van der Waals surface area contributed by atoms with E-state index in [1.54, 1.807) is 0 Å². The van der Waals surface area contributed by atoms with Gasteiger partial charge in [-0.3, -0.25) is 0 Å². The van der Waals surface area contributed by atoms with Gasteiger partial charge in [0.2, 0.25) is 0 Å². The van der Waals surface area contributed by atoms with E-state index in [1.807, 2.05) is 30.3 Å². The summed E-state index contributed by atoms with van der Waals surface area (Å²) >= 11 is 0. The summed E-state index contributed by atoms with van der Waals surface area (Å²) in [6, 6.07) is 9.97. The van der Waals surface area contributed by atoms with Gasteiger partial charge in [-0.2, -0.15) is 0 Å². The van der Waals surface area contributed by atoms with Gasteiger partial charge in [0.05, 0.1) is 25.3 Å². The highest BCUT2D eigenvalue weighted by molar-refractivity contribution is 5.81. The molecule has 0 radical (unpaired) electrons. The molecule has 1 heterocycles. The summed E-state index contributed by atoms with van der Waals surface area (Å²) in [6.07, 6.45) is 1.02. The van der Waals surface area contributed by atoms with Crippen molar-refractivity contribution in [1.29, 1.82) is 0 Å². The van der Waals surface area contributed by atoms with Gasteiger partial charge in [0.15, 0.2) is 0 Å². The highest BCUT2D eigenvalue weighted by atomic mass is 16.5. The number of rotatable bonds is 8. The maximum Gasteiger partial charge on any atom is 0.146 e. The zero-order valence-electron chi connectivity index (χ0n) is 11.8. The van der Waals surface area contributed by atoms with Crippen LogP contribution >= 0.6 is 0 Å². The first-order chi connectivity index (χ1) is 9.85. The van der Waals surface area contributed by atoms with E-state index >= 15 is 0 Å². The van der Waals surface area contributed by atoms with E-state index in [0.717, 1.165) is 29.5 Å². The average Bonchev–Trinajstić information content (AvgIpc) is 2.50. The number of hydrazine groups is 1. The quantitative estimate of drug-likeness (QED) is 0.440. The van der Waals surface area contributed by atoms with Crippen molar-refractivity contribution in [1.82, 2.24) is 4.98 Å². The van der Waals surface area contributed by atoms with Gasteiger partial charge < -0.3 is 14.9 Å². The number of ether oxygens (including phenoxy) is 2. The zero-order valence-corrected chi connectivity index (χ0v) is 11.8. The summed E-state index contributed by atoms with van der Waals surface area (Å²) in [7, 11) is 0. The first-order valence-electron chi connectivity index (χ1n) is 6.86. The number of hydrogen-bond donors (Lipinski definition) is 2. The minimum atomic E-state index is 0.465. The first kappa shape index (κ1) is 14.7. The number of hydrogen-bond acceptors (Lipinski definition) is 5. The van der Waals surface area contributed by atoms with E-state index < -0.39 is 0 Å². The van der Waals surface area contributed by atoms with Gasteiger partial charge in [-0.15, -0.1) is 0 Å². The lowest BCUT2D eigenvalue weighted by Gasteiger charge is -2.10. The Morgan fingerprint density at radius 2 is 1.95 bits per heavy atom. The Morgan fingerprint density at radius 1 is 1.15 bits per heavy atom. The van der Waals surface area contributed by atoms with E-state index in [9.17, 15) is 0 Å². The van der Waals surface area contributed by atoms with Crippen LogP contribution in [0.2, 0.25) is 0 Å². The summed E-state index contributed by atoms with van der Waals surface area (Å²) in [6.45, 7) is 4.50. The highest BCUT2D eigenvalue weighted by Gasteiger charge is 2.06. The molecule has 0 aliphatic carbocycles. The number of nitrogens with two attached hydrogens (primary N) is 1. The van der Waals surface area contributed by atoms with Crippen molar-refractivity contribution < 1.29 is 9.47 Å². The molecule has 1 aromatic carbocycles. The minimum Gasteiger partial charge on any atom is -0.379 e. The minimum absolute atomic E-state index is 0.465. The van der Waals surface area contributed by atoms with Gasteiger partial charge in [-0.25, -0.2) is 10.8 Å².